The van der Waals surface area contributed by atoms with E-state index < -0.39 is 0 Å². The Labute approximate surface area is 109 Å². The highest BCUT2D eigenvalue weighted by Gasteiger charge is 2.09. The van der Waals surface area contributed by atoms with E-state index in [9.17, 15) is 0 Å². The zero-order valence-corrected chi connectivity index (χ0v) is 11.2. The number of aryl methyl sites for hydroxylation is 2. The van der Waals surface area contributed by atoms with Gasteiger partial charge in [-0.15, -0.1) is 11.3 Å². The Morgan fingerprint density at radius 2 is 2.22 bits per heavy atom. The monoisotopic (exact) mass is 258 g/mol. The van der Waals surface area contributed by atoms with Crippen molar-refractivity contribution in [2.24, 2.45) is 0 Å². The molecule has 0 spiro atoms. The van der Waals surface area contributed by atoms with Crippen LogP contribution in [-0.2, 0) is 6.54 Å². The minimum Gasteiger partial charge on any atom is -0.246 e. The first kappa shape index (κ1) is 11.3. The van der Waals surface area contributed by atoms with Gasteiger partial charge in [-0.3, -0.25) is 0 Å². The molecule has 4 nitrogen and oxygen atoms in total. The number of aromatic nitrogens is 4. The van der Waals surface area contributed by atoms with E-state index >= 15 is 0 Å². The molecule has 0 aliphatic rings. The summed E-state index contributed by atoms with van der Waals surface area (Å²) in [6.07, 6.45) is 2.66. The zero-order valence-electron chi connectivity index (χ0n) is 10.4. The molecular formula is C13H14N4S. The molecule has 0 saturated carbocycles. The number of thiazole rings is 1. The van der Waals surface area contributed by atoms with Gasteiger partial charge in [0.15, 0.2) is 5.82 Å². The predicted octanol–water partition coefficient (Wildman–Crippen LogP) is 3.27. The smallest absolute Gasteiger partial charge is 0.158 e. The third-order valence-corrected chi connectivity index (χ3v) is 3.76. The molecule has 92 valence electrons. The number of benzene rings is 1. The topological polar surface area (TPSA) is 43.6 Å². The lowest BCUT2D eigenvalue weighted by molar-refractivity contribution is 0.608. The lowest BCUT2D eigenvalue weighted by Gasteiger charge is -2.04. The van der Waals surface area contributed by atoms with Crippen LogP contribution in [0.25, 0.3) is 21.6 Å². The first-order chi connectivity index (χ1) is 8.78. The van der Waals surface area contributed by atoms with Gasteiger partial charge in [0.1, 0.15) is 6.33 Å². The summed E-state index contributed by atoms with van der Waals surface area (Å²) in [5.41, 5.74) is 2.12. The molecule has 3 aromatic rings. The SMILES string of the molecule is CCCn1ncnc1-c1ccc2sc(C)nc2c1. The quantitative estimate of drug-likeness (QED) is 0.724. The molecule has 0 unspecified atom stereocenters. The van der Waals surface area contributed by atoms with Gasteiger partial charge in [0.2, 0.25) is 0 Å². The van der Waals surface area contributed by atoms with Crippen LogP contribution in [0.2, 0.25) is 0 Å². The largest absolute Gasteiger partial charge is 0.246 e. The molecular weight excluding hydrogens is 244 g/mol. The molecule has 2 heterocycles. The van der Waals surface area contributed by atoms with Gasteiger partial charge in [-0.05, 0) is 31.5 Å². The molecule has 0 bridgehead atoms. The third-order valence-electron chi connectivity index (χ3n) is 2.80. The van der Waals surface area contributed by atoms with Crippen molar-refractivity contribution in [2.45, 2.75) is 26.8 Å². The van der Waals surface area contributed by atoms with Crippen molar-refractivity contribution in [3.05, 3.63) is 29.5 Å². The van der Waals surface area contributed by atoms with Crippen LogP contribution in [-0.4, -0.2) is 19.7 Å². The van der Waals surface area contributed by atoms with Gasteiger partial charge < -0.3 is 0 Å². The molecule has 3 rings (SSSR count). The fourth-order valence-electron chi connectivity index (χ4n) is 2.04. The Bertz CT molecular complexity index is 683. The minimum atomic E-state index is 0.892. The molecule has 0 radical (unpaired) electrons. The van der Waals surface area contributed by atoms with Gasteiger partial charge >= 0.3 is 0 Å². The molecule has 0 atom stereocenters. The lowest BCUT2D eigenvalue weighted by Crippen LogP contribution is -2.01. The van der Waals surface area contributed by atoms with Crippen molar-refractivity contribution in [1.82, 2.24) is 19.7 Å². The summed E-state index contributed by atoms with van der Waals surface area (Å²) in [7, 11) is 0. The molecule has 5 heteroatoms. The average Bonchev–Trinajstić information content (AvgIpc) is 2.93. The minimum absolute atomic E-state index is 0.892. The summed E-state index contributed by atoms with van der Waals surface area (Å²) in [5, 5.41) is 5.35. The number of hydrogen-bond donors (Lipinski definition) is 0. The van der Waals surface area contributed by atoms with Crippen molar-refractivity contribution < 1.29 is 0 Å². The van der Waals surface area contributed by atoms with E-state index in [4.69, 9.17) is 0 Å². The maximum atomic E-state index is 4.52. The van der Waals surface area contributed by atoms with E-state index in [0.29, 0.717) is 0 Å². The van der Waals surface area contributed by atoms with E-state index in [1.807, 2.05) is 11.6 Å². The standard InChI is InChI=1S/C13H14N4S/c1-3-6-17-13(14-8-15-17)10-4-5-12-11(7-10)16-9(2)18-12/h4-5,7-8H,3,6H2,1-2H3. The highest BCUT2D eigenvalue weighted by Crippen LogP contribution is 2.26. The summed E-state index contributed by atoms with van der Waals surface area (Å²) >= 11 is 1.72. The van der Waals surface area contributed by atoms with Crippen molar-refractivity contribution in [2.75, 3.05) is 0 Å². The van der Waals surface area contributed by atoms with Crippen molar-refractivity contribution in [3.63, 3.8) is 0 Å². The van der Waals surface area contributed by atoms with Gasteiger partial charge in [0.05, 0.1) is 15.2 Å². The van der Waals surface area contributed by atoms with Crippen LogP contribution in [0.4, 0.5) is 0 Å². The van der Waals surface area contributed by atoms with E-state index in [-0.39, 0.29) is 0 Å². The molecule has 1 aromatic carbocycles. The first-order valence-electron chi connectivity index (χ1n) is 6.03. The Morgan fingerprint density at radius 1 is 1.33 bits per heavy atom. The molecule has 0 aliphatic carbocycles. The summed E-state index contributed by atoms with van der Waals surface area (Å²) in [5.74, 6) is 0.921. The molecule has 2 aromatic heterocycles. The molecule has 18 heavy (non-hydrogen) atoms. The number of nitrogens with zero attached hydrogens (tertiary/aromatic N) is 4. The van der Waals surface area contributed by atoms with Crippen LogP contribution in [0.15, 0.2) is 24.5 Å². The number of fused-ring (bicyclic) bond motifs is 1. The van der Waals surface area contributed by atoms with Crippen molar-refractivity contribution >= 4 is 21.6 Å². The summed E-state index contributed by atoms with van der Waals surface area (Å²) in [6.45, 7) is 5.06. The highest BCUT2D eigenvalue weighted by molar-refractivity contribution is 7.18. The maximum Gasteiger partial charge on any atom is 0.158 e. The fourth-order valence-corrected chi connectivity index (χ4v) is 2.85. The van der Waals surface area contributed by atoms with E-state index in [1.165, 1.54) is 4.70 Å². The number of hydrogen-bond acceptors (Lipinski definition) is 4. The van der Waals surface area contributed by atoms with Crippen LogP contribution >= 0.6 is 11.3 Å². The Balaban J connectivity index is 2.10. The van der Waals surface area contributed by atoms with Crippen molar-refractivity contribution in [1.29, 1.82) is 0 Å². The normalized spacial score (nSPS) is 11.2. The van der Waals surface area contributed by atoms with E-state index in [0.717, 1.165) is 34.9 Å². The van der Waals surface area contributed by atoms with Gasteiger partial charge in [-0.1, -0.05) is 6.92 Å². The van der Waals surface area contributed by atoms with Crippen LogP contribution in [0.5, 0.6) is 0 Å². The first-order valence-corrected chi connectivity index (χ1v) is 6.85. The molecule has 0 fully saturated rings. The lowest BCUT2D eigenvalue weighted by atomic mass is 10.2. The predicted molar refractivity (Wildman–Crippen MR) is 73.7 cm³/mol. The fraction of sp³-hybridized carbons (Fsp3) is 0.308. The van der Waals surface area contributed by atoms with Gasteiger partial charge in [-0.25, -0.2) is 14.6 Å². The molecule has 0 aliphatic heterocycles. The van der Waals surface area contributed by atoms with Gasteiger partial charge in [0.25, 0.3) is 0 Å². The molecule has 0 N–H and O–H groups in total. The summed E-state index contributed by atoms with van der Waals surface area (Å²) < 4.78 is 3.17. The Hall–Kier alpha value is -1.75. The zero-order chi connectivity index (χ0) is 12.5. The maximum absolute atomic E-state index is 4.52. The average molecular weight is 258 g/mol. The van der Waals surface area contributed by atoms with Gasteiger partial charge in [0, 0.05) is 12.1 Å². The second-order valence-electron chi connectivity index (χ2n) is 4.22. The number of rotatable bonds is 3. The third kappa shape index (κ3) is 1.90. The second-order valence-corrected chi connectivity index (χ2v) is 5.46. The summed E-state index contributed by atoms with van der Waals surface area (Å²) in [6, 6.07) is 6.30. The van der Waals surface area contributed by atoms with E-state index in [2.05, 4.69) is 40.2 Å². The Kier molecular flexibility index (Phi) is 2.83. The highest BCUT2D eigenvalue weighted by atomic mass is 32.1. The van der Waals surface area contributed by atoms with Crippen molar-refractivity contribution in [3.8, 4) is 11.4 Å². The van der Waals surface area contributed by atoms with E-state index in [1.54, 1.807) is 17.7 Å². The van der Waals surface area contributed by atoms with Crippen LogP contribution in [0, 0.1) is 6.92 Å². The summed E-state index contributed by atoms with van der Waals surface area (Å²) in [4.78, 5) is 8.87. The molecule has 0 saturated heterocycles. The Morgan fingerprint density at radius 3 is 3.06 bits per heavy atom. The van der Waals surface area contributed by atoms with Crippen LogP contribution in [0.3, 0.4) is 0 Å². The van der Waals surface area contributed by atoms with Crippen LogP contribution < -0.4 is 0 Å². The van der Waals surface area contributed by atoms with Crippen LogP contribution in [0.1, 0.15) is 18.4 Å². The van der Waals surface area contributed by atoms with Gasteiger partial charge in [-0.2, -0.15) is 5.10 Å². The molecule has 0 amide bonds. The second kappa shape index (κ2) is 4.49.